The number of hydrogen-bond donors (Lipinski definition) is 2. The number of rotatable bonds is 6. The summed E-state index contributed by atoms with van der Waals surface area (Å²) >= 11 is 1.03. The van der Waals surface area contributed by atoms with Gasteiger partial charge >= 0.3 is 0 Å². The zero-order valence-corrected chi connectivity index (χ0v) is 13.4. The van der Waals surface area contributed by atoms with E-state index in [1.54, 1.807) is 0 Å². The number of benzene rings is 1. The van der Waals surface area contributed by atoms with Crippen LogP contribution in [0.1, 0.15) is 26.6 Å². The summed E-state index contributed by atoms with van der Waals surface area (Å²) in [6, 6.07) is 2.66. The van der Waals surface area contributed by atoms with Crippen molar-refractivity contribution in [2.75, 3.05) is 11.9 Å². The molecule has 128 valence electrons. The molecule has 0 saturated heterocycles. The lowest BCUT2D eigenvalue weighted by molar-refractivity contribution is 0.0982. The number of aromatic nitrogens is 3. The van der Waals surface area contributed by atoms with Crippen LogP contribution >= 0.6 is 11.3 Å². The van der Waals surface area contributed by atoms with Crippen molar-refractivity contribution in [3.8, 4) is 0 Å². The maximum atomic E-state index is 13.1. The van der Waals surface area contributed by atoms with E-state index in [-0.39, 0.29) is 23.5 Å². The highest BCUT2D eigenvalue weighted by molar-refractivity contribution is 7.19. The van der Waals surface area contributed by atoms with E-state index >= 15 is 0 Å². The summed E-state index contributed by atoms with van der Waals surface area (Å²) < 4.78 is 26.3. The van der Waals surface area contributed by atoms with Crippen LogP contribution in [0.2, 0.25) is 0 Å². The number of ketones is 1. The van der Waals surface area contributed by atoms with Gasteiger partial charge in [-0.15, -0.1) is 0 Å². The number of halogens is 2. The minimum absolute atomic E-state index is 0.0127. The first-order chi connectivity index (χ1) is 11.9. The van der Waals surface area contributed by atoms with Crippen LogP contribution in [0.4, 0.5) is 14.6 Å². The largest absolute Gasteiger partial charge is 0.368 e. The Kier molecular flexibility index (Phi) is 4.61. The van der Waals surface area contributed by atoms with Gasteiger partial charge in [-0.05, 0) is 12.1 Å². The quantitative estimate of drug-likeness (QED) is 0.649. The van der Waals surface area contributed by atoms with Crippen molar-refractivity contribution in [2.24, 2.45) is 5.73 Å². The molecule has 0 atom stereocenters. The summed E-state index contributed by atoms with van der Waals surface area (Å²) in [5.41, 5.74) is 5.51. The Morgan fingerprint density at radius 2 is 1.88 bits per heavy atom. The summed E-state index contributed by atoms with van der Waals surface area (Å²) in [5.74, 6) is -2.37. The molecule has 0 aliphatic heterocycles. The number of anilines is 1. The molecular weight excluding hydrogens is 352 g/mol. The average Bonchev–Trinajstić information content (AvgIpc) is 2.99. The van der Waals surface area contributed by atoms with Gasteiger partial charge in [-0.1, -0.05) is 11.3 Å². The third-order valence-corrected chi connectivity index (χ3v) is 4.21. The van der Waals surface area contributed by atoms with E-state index in [0.29, 0.717) is 22.2 Å². The molecule has 0 unspecified atom stereocenters. The predicted octanol–water partition coefficient (Wildman–Crippen LogP) is 2.15. The van der Waals surface area contributed by atoms with Crippen LogP contribution in [0.3, 0.4) is 0 Å². The first-order valence-electron chi connectivity index (χ1n) is 7.08. The Morgan fingerprint density at radius 3 is 2.56 bits per heavy atom. The smallest absolute Gasteiger partial charge is 0.277 e. The maximum Gasteiger partial charge on any atom is 0.277 e. The molecular formula is C15H11F2N5O2S. The van der Waals surface area contributed by atoms with Gasteiger partial charge in [0, 0.05) is 24.6 Å². The lowest BCUT2D eigenvalue weighted by Crippen LogP contribution is -2.11. The standard InChI is InChI=1S/C15H11F2N5O2S/c16-8-3-7(4-9(17)5-8)10(23)1-2-19-13-11-14(21-6-20-13)25-15(22-11)12(18)24/h3-6H,1-2H2,(H2,18,24)(H,19,20,21). The number of nitrogens with two attached hydrogens (primary N) is 1. The second kappa shape index (κ2) is 6.85. The molecule has 2 heterocycles. The third kappa shape index (κ3) is 3.74. The zero-order valence-electron chi connectivity index (χ0n) is 12.6. The molecule has 2 aromatic heterocycles. The van der Waals surface area contributed by atoms with Gasteiger partial charge in [0.15, 0.2) is 16.6 Å². The number of nitrogens with one attached hydrogen (secondary N) is 1. The lowest BCUT2D eigenvalue weighted by Gasteiger charge is -2.05. The Bertz CT molecular complexity index is 955. The second-order valence-corrected chi connectivity index (χ2v) is 5.99. The van der Waals surface area contributed by atoms with E-state index in [1.807, 2.05) is 0 Å². The highest BCUT2D eigenvalue weighted by atomic mass is 32.1. The molecule has 10 heteroatoms. The van der Waals surface area contributed by atoms with E-state index in [0.717, 1.165) is 23.5 Å². The summed E-state index contributed by atoms with van der Waals surface area (Å²) in [6.45, 7) is 0.159. The molecule has 7 nitrogen and oxygen atoms in total. The number of primary amides is 1. The number of nitrogens with zero attached hydrogens (tertiary/aromatic N) is 3. The predicted molar refractivity (Wildman–Crippen MR) is 87.5 cm³/mol. The van der Waals surface area contributed by atoms with Crippen LogP contribution in [0.5, 0.6) is 0 Å². The van der Waals surface area contributed by atoms with Gasteiger partial charge in [0.05, 0.1) is 0 Å². The highest BCUT2D eigenvalue weighted by Crippen LogP contribution is 2.24. The van der Waals surface area contributed by atoms with E-state index in [1.165, 1.54) is 6.33 Å². The van der Waals surface area contributed by atoms with Crippen molar-refractivity contribution in [3.63, 3.8) is 0 Å². The number of Topliss-reactive ketones (excluding diaryl/α,β-unsaturated/α-hetero) is 1. The molecule has 0 aliphatic carbocycles. The molecule has 1 aromatic carbocycles. The molecule has 25 heavy (non-hydrogen) atoms. The van der Waals surface area contributed by atoms with E-state index in [2.05, 4.69) is 20.3 Å². The molecule has 0 radical (unpaired) electrons. The van der Waals surface area contributed by atoms with Crippen molar-refractivity contribution in [3.05, 3.63) is 46.7 Å². The minimum Gasteiger partial charge on any atom is -0.368 e. The number of carbonyl (C=O) groups excluding carboxylic acids is 2. The number of hydrogen-bond acceptors (Lipinski definition) is 7. The molecule has 0 fully saturated rings. The van der Waals surface area contributed by atoms with Gasteiger partial charge in [0.2, 0.25) is 0 Å². The van der Waals surface area contributed by atoms with Crippen LogP contribution < -0.4 is 11.1 Å². The van der Waals surface area contributed by atoms with Crippen LogP contribution in [-0.2, 0) is 0 Å². The Balaban J connectivity index is 1.70. The molecule has 3 aromatic rings. The number of fused-ring (bicyclic) bond motifs is 1. The summed E-state index contributed by atoms with van der Waals surface area (Å²) in [4.78, 5) is 35.8. The average molecular weight is 363 g/mol. The Labute approximate surface area is 143 Å². The van der Waals surface area contributed by atoms with Gasteiger partial charge in [0.1, 0.15) is 28.3 Å². The minimum atomic E-state index is -0.810. The molecule has 3 N–H and O–H groups in total. The molecule has 3 rings (SSSR count). The molecule has 1 amide bonds. The summed E-state index contributed by atoms with van der Waals surface area (Å²) in [7, 11) is 0. The maximum absolute atomic E-state index is 13.1. The van der Waals surface area contributed by atoms with Crippen molar-refractivity contribution < 1.29 is 18.4 Å². The monoisotopic (exact) mass is 363 g/mol. The molecule has 0 bridgehead atoms. The van der Waals surface area contributed by atoms with Gasteiger partial charge in [-0.25, -0.2) is 23.7 Å². The molecule has 0 aliphatic rings. The van der Waals surface area contributed by atoms with Gasteiger partial charge in [0.25, 0.3) is 5.91 Å². The number of amides is 1. The van der Waals surface area contributed by atoms with Gasteiger partial charge < -0.3 is 11.1 Å². The van der Waals surface area contributed by atoms with E-state index in [9.17, 15) is 18.4 Å². The fourth-order valence-corrected chi connectivity index (χ4v) is 2.90. The SMILES string of the molecule is NC(=O)c1nc2c(NCCC(=O)c3cc(F)cc(F)c3)ncnc2s1. The normalized spacial score (nSPS) is 10.8. The van der Waals surface area contributed by atoms with Gasteiger partial charge in [-0.3, -0.25) is 9.59 Å². The van der Waals surface area contributed by atoms with Crippen LogP contribution in [0.25, 0.3) is 10.3 Å². The van der Waals surface area contributed by atoms with E-state index < -0.39 is 23.3 Å². The number of carbonyl (C=O) groups is 2. The third-order valence-electron chi connectivity index (χ3n) is 3.24. The first-order valence-corrected chi connectivity index (χ1v) is 7.90. The fraction of sp³-hybridized carbons (Fsp3) is 0.133. The zero-order chi connectivity index (χ0) is 18.0. The Morgan fingerprint density at radius 1 is 1.16 bits per heavy atom. The first kappa shape index (κ1) is 16.8. The fourth-order valence-electron chi connectivity index (χ4n) is 2.14. The van der Waals surface area contributed by atoms with Crippen LogP contribution in [0.15, 0.2) is 24.5 Å². The summed E-state index contributed by atoms with van der Waals surface area (Å²) in [5, 5.41) is 3.00. The van der Waals surface area contributed by atoms with E-state index in [4.69, 9.17) is 5.73 Å². The van der Waals surface area contributed by atoms with Gasteiger partial charge in [-0.2, -0.15) is 0 Å². The Hall–Kier alpha value is -3.01. The van der Waals surface area contributed by atoms with Crippen LogP contribution in [0, 0.1) is 11.6 Å². The van der Waals surface area contributed by atoms with Crippen LogP contribution in [-0.4, -0.2) is 33.2 Å². The molecule has 0 saturated carbocycles. The van der Waals surface area contributed by atoms with Crippen molar-refractivity contribution in [1.29, 1.82) is 0 Å². The highest BCUT2D eigenvalue weighted by Gasteiger charge is 2.14. The second-order valence-electron chi connectivity index (χ2n) is 5.02. The van der Waals surface area contributed by atoms with Crippen molar-refractivity contribution >= 4 is 39.2 Å². The lowest BCUT2D eigenvalue weighted by atomic mass is 10.1. The molecule has 0 spiro atoms. The summed E-state index contributed by atoms with van der Waals surface area (Å²) in [6.07, 6.45) is 1.28. The van der Waals surface area contributed by atoms with Crippen molar-refractivity contribution in [2.45, 2.75) is 6.42 Å². The number of thiazole rings is 1. The topological polar surface area (TPSA) is 111 Å². The van der Waals surface area contributed by atoms with Crippen molar-refractivity contribution in [1.82, 2.24) is 15.0 Å².